The summed E-state index contributed by atoms with van der Waals surface area (Å²) in [7, 11) is 0. The molecule has 0 bridgehead atoms. The van der Waals surface area contributed by atoms with Crippen molar-refractivity contribution in [1.82, 2.24) is 0 Å². The maximum absolute atomic E-state index is 12.9. The molecule has 0 atom stereocenters. The van der Waals surface area contributed by atoms with Crippen LogP contribution in [0, 0.1) is 5.82 Å². The van der Waals surface area contributed by atoms with Crippen LogP contribution in [0.1, 0.15) is 16.1 Å². The Morgan fingerprint density at radius 2 is 1.71 bits per heavy atom. The molecule has 1 heterocycles. The molecule has 0 N–H and O–H groups in total. The second-order valence-electron chi connectivity index (χ2n) is 5.04. The molecule has 24 heavy (non-hydrogen) atoms. The Hall–Kier alpha value is -2.36. The van der Waals surface area contributed by atoms with Crippen molar-refractivity contribution in [3.05, 3.63) is 87.9 Å². The number of hydrogen-bond acceptors (Lipinski definition) is 2. The largest absolute Gasteiger partial charge is 0.457 e. The number of hydrogen-bond donors (Lipinski definition) is 0. The zero-order chi connectivity index (χ0) is 17.1. The lowest BCUT2D eigenvalue weighted by atomic mass is 10.1. The molecule has 3 aromatic rings. The van der Waals surface area contributed by atoms with Crippen molar-refractivity contribution in [2.24, 2.45) is 0 Å². The Balaban J connectivity index is 1.77. The van der Waals surface area contributed by atoms with Crippen molar-refractivity contribution in [2.45, 2.75) is 0 Å². The van der Waals surface area contributed by atoms with Gasteiger partial charge in [-0.3, -0.25) is 4.79 Å². The smallest absolute Gasteiger partial charge is 0.185 e. The highest BCUT2D eigenvalue weighted by Crippen LogP contribution is 2.29. The molecule has 0 saturated carbocycles. The van der Waals surface area contributed by atoms with Crippen molar-refractivity contribution >= 4 is 35.1 Å². The Morgan fingerprint density at radius 3 is 2.42 bits per heavy atom. The van der Waals surface area contributed by atoms with Gasteiger partial charge in [-0.15, -0.1) is 0 Å². The van der Waals surface area contributed by atoms with E-state index in [2.05, 4.69) is 0 Å². The first-order chi connectivity index (χ1) is 11.5. The van der Waals surface area contributed by atoms with E-state index in [4.69, 9.17) is 27.6 Å². The number of carbonyl (C=O) groups excluding carboxylic acids is 1. The van der Waals surface area contributed by atoms with Gasteiger partial charge in [-0.05, 0) is 66.7 Å². The molecule has 0 unspecified atom stereocenters. The van der Waals surface area contributed by atoms with Gasteiger partial charge in [-0.2, -0.15) is 0 Å². The summed E-state index contributed by atoms with van der Waals surface area (Å²) < 4.78 is 18.5. The lowest BCUT2D eigenvalue weighted by Gasteiger charge is -1.99. The summed E-state index contributed by atoms with van der Waals surface area (Å²) in [6, 6.07) is 14.1. The van der Waals surface area contributed by atoms with E-state index in [9.17, 15) is 9.18 Å². The first-order valence-electron chi connectivity index (χ1n) is 7.06. The van der Waals surface area contributed by atoms with E-state index in [0.29, 0.717) is 27.1 Å². The summed E-state index contributed by atoms with van der Waals surface area (Å²) in [4.78, 5) is 12.0. The Labute approximate surface area is 148 Å². The van der Waals surface area contributed by atoms with Crippen LogP contribution in [0.25, 0.3) is 17.4 Å². The van der Waals surface area contributed by atoms with Gasteiger partial charge in [-0.25, -0.2) is 4.39 Å². The van der Waals surface area contributed by atoms with Crippen LogP contribution in [-0.2, 0) is 0 Å². The molecule has 120 valence electrons. The van der Waals surface area contributed by atoms with Gasteiger partial charge in [0, 0.05) is 11.1 Å². The summed E-state index contributed by atoms with van der Waals surface area (Å²) in [6.45, 7) is 0. The summed E-state index contributed by atoms with van der Waals surface area (Å²) in [5, 5.41) is 0.908. The predicted octanol–water partition coefficient (Wildman–Crippen LogP) is 6.29. The monoisotopic (exact) mass is 360 g/mol. The zero-order valence-corrected chi connectivity index (χ0v) is 13.8. The summed E-state index contributed by atoms with van der Waals surface area (Å²) in [5.41, 5.74) is 1.19. The van der Waals surface area contributed by atoms with Crippen LogP contribution in [-0.4, -0.2) is 5.78 Å². The molecular weight excluding hydrogens is 350 g/mol. The Morgan fingerprint density at radius 1 is 0.958 bits per heavy atom. The van der Waals surface area contributed by atoms with Crippen molar-refractivity contribution in [2.75, 3.05) is 0 Å². The molecular formula is C19H11Cl2FO2. The third-order valence-corrected chi connectivity index (χ3v) is 4.10. The minimum Gasteiger partial charge on any atom is -0.457 e. The first kappa shape index (κ1) is 16.5. The van der Waals surface area contributed by atoms with E-state index in [0.717, 1.165) is 5.56 Å². The molecule has 2 aromatic carbocycles. The number of furan rings is 1. The van der Waals surface area contributed by atoms with E-state index < -0.39 is 0 Å². The predicted molar refractivity (Wildman–Crippen MR) is 93.9 cm³/mol. The van der Waals surface area contributed by atoms with E-state index in [1.165, 1.54) is 30.3 Å². The minimum absolute atomic E-state index is 0.234. The number of halogens is 3. The van der Waals surface area contributed by atoms with E-state index in [1.54, 1.807) is 36.4 Å². The molecule has 0 aliphatic carbocycles. The van der Waals surface area contributed by atoms with Gasteiger partial charge in [0.1, 0.15) is 17.3 Å². The van der Waals surface area contributed by atoms with Crippen molar-refractivity contribution in [1.29, 1.82) is 0 Å². The number of ketones is 1. The quantitative estimate of drug-likeness (QED) is 0.404. The van der Waals surface area contributed by atoms with E-state index in [-0.39, 0.29) is 11.6 Å². The standard InChI is InChI=1S/C19H11Cl2FO2/c20-16-8-3-13(11-17(16)21)19-10-7-15(24-19)6-9-18(23)12-1-4-14(22)5-2-12/h1-11H/b9-6+. The second kappa shape index (κ2) is 7.04. The van der Waals surface area contributed by atoms with Crippen molar-refractivity contribution in [3.8, 4) is 11.3 Å². The fourth-order valence-corrected chi connectivity index (χ4v) is 2.41. The topological polar surface area (TPSA) is 30.2 Å². The summed E-state index contributed by atoms with van der Waals surface area (Å²) in [5.74, 6) is 0.518. The fourth-order valence-electron chi connectivity index (χ4n) is 2.12. The van der Waals surface area contributed by atoms with Gasteiger partial charge in [-0.1, -0.05) is 23.2 Å². The molecule has 0 amide bonds. The maximum atomic E-state index is 12.9. The average molecular weight is 361 g/mol. The number of carbonyl (C=O) groups is 1. The van der Waals surface area contributed by atoms with Crippen LogP contribution >= 0.6 is 23.2 Å². The summed E-state index contributed by atoms with van der Waals surface area (Å²) >= 11 is 11.9. The fraction of sp³-hybridized carbons (Fsp3) is 0. The van der Waals surface area contributed by atoms with Crippen molar-refractivity contribution in [3.63, 3.8) is 0 Å². The maximum Gasteiger partial charge on any atom is 0.185 e. The van der Waals surface area contributed by atoms with Gasteiger partial charge >= 0.3 is 0 Å². The van der Waals surface area contributed by atoms with Crippen LogP contribution in [0.2, 0.25) is 10.0 Å². The molecule has 0 aliphatic rings. The molecule has 0 saturated heterocycles. The second-order valence-corrected chi connectivity index (χ2v) is 5.85. The van der Waals surface area contributed by atoms with Crippen LogP contribution in [0.3, 0.4) is 0 Å². The van der Waals surface area contributed by atoms with Gasteiger partial charge < -0.3 is 4.42 Å². The van der Waals surface area contributed by atoms with Gasteiger partial charge in [0.2, 0.25) is 0 Å². The van der Waals surface area contributed by atoms with Gasteiger partial charge in [0.05, 0.1) is 10.0 Å². The normalized spacial score (nSPS) is 11.1. The average Bonchev–Trinajstić information content (AvgIpc) is 3.05. The SMILES string of the molecule is O=C(/C=C/c1ccc(-c2ccc(Cl)c(Cl)c2)o1)c1ccc(F)cc1. The molecule has 5 heteroatoms. The van der Waals surface area contributed by atoms with Gasteiger partial charge in [0.15, 0.2) is 5.78 Å². The molecule has 0 aliphatic heterocycles. The Bertz CT molecular complexity index is 911. The number of benzene rings is 2. The zero-order valence-electron chi connectivity index (χ0n) is 12.3. The highest BCUT2D eigenvalue weighted by Gasteiger charge is 2.07. The van der Waals surface area contributed by atoms with Gasteiger partial charge in [0.25, 0.3) is 0 Å². The lowest BCUT2D eigenvalue weighted by Crippen LogP contribution is -1.93. The van der Waals surface area contributed by atoms with Crippen LogP contribution < -0.4 is 0 Å². The minimum atomic E-state index is -0.382. The molecule has 0 radical (unpaired) electrons. The molecule has 2 nitrogen and oxygen atoms in total. The third kappa shape index (κ3) is 3.75. The molecule has 0 spiro atoms. The van der Waals surface area contributed by atoms with Crippen molar-refractivity contribution < 1.29 is 13.6 Å². The number of allylic oxidation sites excluding steroid dienone is 1. The van der Waals surface area contributed by atoms with Crippen LogP contribution in [0.4, 0.5) is 4.39 Å². The third-order valence-electron chi connectivity index (χ3n) is 3.36. The van der Waals surface area contributed by atoms with E-state index in [1.807, 2.05) is 0 Å². The molecule has 1 aromatic heterocycles. The first-order valence-corrected chi connectivity index (χ1v) is 7.82. The van der Waals surface area contributed by atoms with Crippen LogP contribution in [0.5, 0.6) is 0 Å². The highest BCUT2D eigenvalue weighted by atomic mass is 35.5. The summed E-state index contributed by atoms with van der Waals surface area (Å²) in [6.07, 6.45) is 2.94. The highest BCUT2D eigenvalue weighted by molar-refractivity contribution is 6.42. The molecule has 3 rings (SSSR count). The molecule has 0 fully saturated rings. The number of rotatable bonds is 4. The Kier molecular flexibility index (Phi) is 4.84. The van der Waals surface area contributed by atoms with E-state index >= 15 is 0 Å². The van der Waals surface area contributed by atoms with Crippen LogP contribution in [0.15, 0.2) is 65.1 Å². The lowest BCUT2D eigenvalue weighted by molar-refractivity contribution is 0.104.